The van der Waals surface area contributed by atoms with Crippen LogP contribution in [0.15, 0.2) is 12.1 Å². The third-order valence-electron chi connectivity index (χ3n) is 4.57. The first-order chi connectivity index (χ1) is 12.4. The standard InChI is InChI=1S/C19H26N2O5S/c1-12-14(9-8-13-15(22)11-16(23)18(12)13)21-17(24)7-5-6-10-20-27(25,26)19(2,3)4/h8-9,20H,5-7,10-11H2,1-4H3,(H,21,24). The molecule has 1 aliphatic carbocycles. The largest absolute Gasteiger partial charge is 0.326 e. The van der Waals surface area contributed by atoms with Gasteiger partial charge in [-0.1, -0.05) is 0 Å². The normalized spacial score (nSPS) is 14.4. The van der Waals surface area contributed by atoms with Gasteiger partial charge in [-0.05, 0) is 58.2 Å². The maximum Gasteiger partial charge on any atom is 0.224 e. The molecule has 2 rings (SSSR count). The van der Waals surface area contributed by atoms with E-state index in [1.54, 1.807) is 39.8 Å². The number of unbranched alkanes of at least 4 members (excludes halogenated alkanes) is 1. The van der Waals surface area contributed by atoms with Crippen LogP contribution in [0.1, 0.15) is 72.7 Å². The van der Waals surface area contributed by atoms with Gasteiger partial charge in [0.1, 0.15) is 0 Å². The van der Waals surface area contributed by atoms with Crippen LogP contribution >= 0.6 is 0 Å². The van der Waals surface area contributed by atoms with E-state index < -0.39 is 14.8 Å². The van der Waals surface area contributed by atoms with E-state index >= 15 is 0 Å². The van der Waals surface area contributed by atoms with E-state index in [0.29, 0.717) is 35.2 Å². The fourth-order valence-corrected chi connectivity index (χ4v) is 3.66. The second kappa shape index (κ2) is 7.90. The maximum absolute atomic E-state index is 12.1. The molecule has 0 aromatic heterocycles. The molecule has 2 N–H and O–H groups in total. The number of Topliss-reactive ketones (excluding diaryl/α,β-unsaturated/α-hetero) is 2. The lowest BCUT2D eigenvalue weighted by atomic mass is 10.0. The van der Waals surface area contributed by atoms with Crippen molar-refractivity contribution in [1.82, 2.24) is 4.72 Å². The molecule has 0 atom stereocenters. The van der Waals surface area contributed by atoms with Crippen molar-refractivity contribution in [3.63, 3.8) is 0 Å². The van der Waals surface area contributed by atoms with Crippen molar-refractivity contribution in [1.29, 1.82) is 0 Å². The molecule has 1 aliphatic rings. The van der Waals surface area contributed by atoms with Crippen molar-refractivity contribution in [3.05, 3.63) is 28.8 Å². The second-order valence-corrected chi connectivity index (χ2v) is 10.2. The van der Waals surface area contributed by atoms with Crippen LogP contribution in [0.4, 0.5) is 5.69 Å². The highest BCUT2D eigenvalue weighted by Crippen LogP contribution is 2.30. The molecule has 0 unspecified atom stereocenters. The summed E-state index contributed by atoms with van der Waals surface area (Å²) in [6.07, 6.45) is 1.19. The second-order valence-electron chi connectivity index (χ2n) is 7.70. The number of rotatable bonds is 7. The Balaban J connectivity index is 1.85. The number of anilines is 1. The van der Waals surface area contributed by atoms with Gasteiger partial charge in [0.15, 0.2) is 11.6 Å². The molecule has 27 heavy (non-hydrogen) atoms. The van der Waals surface area contributed by atoms with E-state index in [1.165, 1.54) is 0 Å². The fraction of sp³-hybridized carbons (Fsp3) is 0.526. The average Bonchev–Trinajstić information content (AvgIpc) is 2.83. The molecule has 1 amide bonds. The Morgan fingerprint density at radius 2 is 1.78 bits per heavy atom. The van der Waals surface area contributed by atoms with Gasteiger partial charge in [0, 0.05) is 29.8 Å². The minimum absolute atomic E-state index is 0.113. The number of hydrogen-bond acceptors (Lipinski definition) is 5. The Labute approximate surface area is 160 Å². The Bertz CT molecular complexity index is 882. The summed E-state index contributed by atoms with van der Waals surface area (Å²) in [7, 11) is -3.38. The summed E-state index contributed by atoms with van der Waals surface area (Å²) in [5, 5.41) is 2.77. The minimum atomic E-state index is -3.38. The van der Waals surface area contributed by atoms with E-state index in [4.69, 9.17) is 0 Å². The zero-order valence-corrected chi connectivity index (χ0v) is 17.0. The van der Waals surface area contributed by atoms with Crippen molar-refractivity contribution in [2.24, 2.45) is 0 Å². The van der Waals surface area contributed by atoms with Crippen molar-refractivity contribution < 1.29 is 22.8 Å². The molecule has 0 spiro atoms. The van der Waals surface area contributed by atoms with Gasteiger partial charge in [0.25, 0.3) is 0 Å². The summed E-state index contributed by atoms with van der Waals surface area (Å²) < 4.78 is 25.5. The minimum Gasteiger partial charge on any atom is -0.326 e. The van der Waals surface area contributed by atoms with E-state index in [1.807, 2.05) is 0 Å². The lowest BCUT2D eigenvalue weighted by Gasteiger charge is -2.19. The van der Waals surface area contributed by atoms with Crippen LogP contribution in [0.2, 0.25) is 0 Å². The number of ketones is 2. The van der Waals surface area contributed by atoms with Crippen LogP contribution in [0.3, 0.4) is 0 Å². The van der Waals surface area contributed by atoms with Crippen molar-refractivity contribution in [2.45, 2.75) is 58.1 Å². The zero-order chi connectivity index (χ0) is 20.4. The Morgan fingerprint density at radius 3 is 2.41 bits per heavy atom. The lowest BCUT2D eigenvalue weighted by molar-refractivity contribution is -0.116. The quantitative estimate of drug-likeness (QED) is 0.546. The predicted octanol–water partition coefficient (Wildman–Crippen LogP) is 2.59. The third kappa shape index (κ3) is 4.81. The summed E-state index contributed by atoms with van der Waals surface area (Å²) in [6.45, 7) is 6.87. The monoisotopic (exact) mass is 394 g/mol. The molecule has 0 aliphatic heterocycles. The van der Waals surface area contributed by atoms with Gasteiger partial charge in [-0.3, -0.25) is 14.4 Å². The molecule has 0 fully saturated rings. The van der Waals surface area contributed by atoms with E-state index in [0.717, 1.165) is 0 Å². The highest BCUT2D eigenvalue weighted by Gasteiger charge is 2.30. The topological polar surface area (TPSA) is 109 Å². The number of carbonyl (C=O) groups excluding carboxylic acids is 3. The van der Waals surface area contributed by atoms with E-state index in [2.05, 4.69) is 10.0 Å². The maximum atomic E-state index is 12.1. The number of benzene rings is 1. The number of fused-ring (bicyclic) bond motifs is 1. The van der Waals surface area contributed by atoms with Gasteiger partial charge in [0.2, 0.25) is 15.9 Å². The van der Waals surface area contributed by atoms with Gasteiger partial charge in [-0.25, -0.2) is 13.1 Å². The molecule has 0 saturated heterocycles. The summed E-state index contributed by atoms with van der Waals surface area (Å²) in [6, 6.07) is 3.21. The smallest absolute Gasteiger partial charge is 0.224 e. The Morgan fingerprint density at radius 1 is 1.11 bits per heavy atom. The molecular formula is C19H26N2O5S. The first-order valence-corrected chi connectivity index (χ1v) is 10.4. The summed E-state index contributed by atoms with van der Waals surface area (Å²) in [5.74, 6) is -0.614. The van der Waals surface area contributed by atoms with Gasteiger partial charge in [-0.2, -0.15) is 0 Å². The lowest BCUT2D eigenvalue weighted by Crippen LogP contribution is -2.39. The Hall–Kier alpha value is -2.06. The zero-order valence-electron chi connectivity index (χ0n) is 16.1. The molecular weight excluding hydrogens is 368 g/mol. The number of hydrogen-bond donors (Lipinski definition) is 2. The van der Waals surface area contributed by atoms with Gasteiger partial charge >= 0.3 is 0 Å². The van der Waals surface area contributed by atoms with Crippen LogP contribution in [0, 0.1) is 6.92 Å². The number of carbonyl (C=O) groups is 3. The van der Waals surface area contributed by atoms with Gasteiger partial charge < -0.3 is 5.32 Å². The van der Waals surface area contributed by atoms with Gasteiger partial charge in [-0.15, -0.1) is 0 Å². The summed E-state index contributed by atoms with van der Waals surface area (Å²) in [4.78, 5) is 35.8. The van der Waals surface area contributed by atoms with Crippen LogP contribution in [0.5, 0.6) is 0 Å². The SMILES string of the molecule is Cc1c(NC(=O)CCCCNS(=O)(=O)C(C)(C)C)ccc2c1C(=O)CC2=O. The van der Waals surface area contributed by atoms with E-state index in [-0.39, 0.29) is 36.9 Å². The molecule has 1 aromatic carbocycles. The number of nitrogens with one attached hydrogen (secondary N) is 2. The van der Waals surface area contributed by atoms with Crippen LogP contribution < -0.4 is 10.0 Å². The number of amides is 1. The first kappa shape index (κ1) is 21.2. The first-order valence-electron chi connectivity index (χ1n) is 8.93. The highest BCUT2D eigenvalue weighted by molar-refractivity contribution is 7.90. The van der Waals surface area contributed by atoms with Crippen molar-refractivity contribution >= 4 is 33.2 Å². The van der Waals surface area contributed by atoms with Crippen LogP contribution in [0.25, 0.3) is 0 Å². The van der Waals surface area contributed by atoms with Crippen LogP contribution in [-0.4, -0.2) is 37.2 Å². The molecule has 7 nitrogen and oxygen atoms in total. The van der Waals surface area contributed by atoms with Crippen molar-refractivity contribution in [3.8, 4) is 0 Å². The molecule has 0 bridgehead atoms. The average molecular weight is 394 g/mol. The molecule has 148 valence electrons. The van der Waals surface area contributed by atoms with Gasteiger partial charge in [0.05, 0.1) is 11.2 Å². The van der Waals surface area contributed by atoms with E-state index in [9.17, 15) is 22.8 Å². The third-order valence-corrected chi connectivity index (χ3v) is 6.76. The molecule has 0 saturated carbocycles. The number of sulfonamides is 1. The highest BCUT2D eigenvalue weighted by atomic mass is 32.2. The summed E-state index contributed by atoms with van der Waals surface area (Å²) in [5.41, 5.74) is 1.95. The van der Waals surface area contributed by atoms with Crippen LogP contribution in [-0.2, 0) is 14.8 Å². The Kier molecular flexibility index (Phi) is 6.21. The molecule has 1 aromatic rings. The summed E-state index contributed by atoms with van der Waals surface area (Å²) >= 11 is 0. The molecule has 0 heterocycles. The molecule has 0 radical (unpaired) electrons. The molecule has 8 heteroatoms. The predicted molar refractivity (Wildman–Crippen MR) is 104 cm³/mol. The van der Waals surface area contributed by atoms with Crippen molar-refractivity contribution in [2.75, 3.05) is 11.9 Å². The fourth-order valence-electron chi connectivity index (χ4n) is 2.81.